The van der Waals surface area contributed by atoms with Gasteiger partial charge in [0.25, 0.3) is 0 Å². The zero-order valence-electron chi connectivity index (χ0n) is 10.8. The molecule has 1 aromatic rings. The largest absolute Gasteiger partial charge is 0.312 e. The number of rotatable bonds is 5. The minimum absolute atomic E-state index is 0.696. The molecule has 4 nitrogen and oxygen atoms in total. The van der Waals surface area contributed by atoms with Crippen LogP contribution in [0.15, 0.2) is 18.5 Å². The maximum absolute atomic E-state index is 4.21. The standard InChI is InChI=1S/C13H24N4/c1-2-16-9-3-5-13(6-11-16)14-8-12-17-10-4-7-15-17/h4,7,10,13-14H,2-3,5-6,8-9,11-12H2,1H3. The first-order valence-corrected chi connectivity index (χ1v) is 6.81. The first-order valence-electron chi connectivity index (χ1n) is 6.81. The molecule has 17 heavy (non-hydrogen) atoms. The van der Waals surface area contributed by atoms with Gasteiger partial charge in [0.2, 0.25) is 0 Å². The highest BCUT2D eigenvalue weighted by molar-refractivity contribution is 4.78. The van der Waals surface area contributed by atoms with E-state index >= 15 is 0 Å². The van der Waals surface area contributed by atoms with Crippen LogP contribution in [0.4, 0.5) is 0 Å². The molecule has 0 spiro atoms. The van der Waals surface area contributed by atoms with Crippen LogP contribution in [0.2, 0.25) is 0 Å². The first kappa shape index (κ1) is 12.6. The van der Waals surface area contributed by atoms with E-state index in [-0.39, 0.29) is 0 Å². The zero-order chi connectivity index (χ0) is 11.9. The maximum atomic E-state index is 4.21. The summed E-state index contributed by atoms with van der Waals surface area (Å²) in [6, 6.07) is 2.67. The van der Waals surface area contributed by atoms with Crippen LogP contribution in [-0.4, -0.2) is 46.9 Å². The van der Waals surface area contributed by atoms with Crippen LogP contribution in [0.25, 0.3) is 0 Å². The first-order chi connectivity index (χ1) is 8.38. The Morgan fingerprint density at radius 3 is 3.06 bits per heavy atom. The van der Waals surface area contributed by atoms with Crippen molar-refractivity contribution in [1.29, 1.82) is 0 Å². The lowest BCUT2D eigenvalue weighted by Gasteiger charge is -2.18. The van der Waals surface area contributed by atoms with Crippen LogP contribution < -0.4 is 5.32 Å². The third kappa shape index (κ3) is 4.13. The molecule has 96 valence electrons. The molecule has 1 atom stereocenters. The van der Waals surface area contributed by atoms with Crippen molar-refractivity contribution < 1.29 is 0 Å². The SMILES string of the molecule is CCN1CCCC(NCCn2cccn2)CC1. The number of nitrogens with one attached hydrogen (secondary N) is 1. The van der Waals surface area contributed by atoms with Gasteiger partial charge in [-0.2, -0.15) is 5.10 Å². The lowest BCUT2D eigenvalue weighted by atomic mass is 10.1. The fraction of sp³-hybridized carbons (Fsp3) is 0.769. The van der Waals surface area contributed by atoms with E-state index in [1.807, 2.05) is 23.1 Å². The highest BCUT2D eigenvalue weighted by atomic mass is 15.3. The van der Waals surface area contributed by atoms with Crippen LogP contribution >= 0.6 is 0 Å². The lowest BCUT2D eigenvalue weighted by molar-refractivity contribution is 0.297. The van der Waals surface area contributed by atoms with Gasteiger partial charge in [-0.1, -0.05) is 6.92 Å². The fourth-order valence-electron chi connectivity index (χ4n) is 2.49. The molecule has 1 aromatic heterocycles. The monoisotopic (exact) mass is 236 g/mol. The summed E-state index contributed by atoms with van der Waals surface area (Å²) in [6.45, 7) is 7.97. The van der Waals surface area contributed by atoms with Gasteiger partial charge >= 0.3 is 0 Å². The van der Waals surface area contributed by atoms with E-state index in [2.05, 4.69) is 22.2 Å². The summed E-state index contributed by atoms with van der Waals surface area (Å²) in [5.74, 6) is 0. The summed E-state index contributed by atoms with van der Waals surface area (Å²) in [5, 5.41) is 7.87. The zero-order valence-corrected chi connectivity index (χ0v) is 10.8. The van der Waals surface area contributed by atoms with Gasteiger partial charge < -0.3 is 10.2 Å². The summed E-state index contributed by atoms with van der Waals surface area (Å²) < 4.78 is 1.99. The van der Waals surface area contributed by atoms with Crippen LogP contribution in [0, 0.1) is 0 Å². The van der Waals surface area contributed by atoms with Crippen molar-refractivity contribution in [1.82, 2.24) is 20.0 Å². The highest BCUT2D eigenvalue weighted by Crippen LogP contribution is 2.10. The Morgan fingerprint density at radius 2 is 2.29 bits per heavy atom. The maximum Gasteiger partial charge on any atom is 0.0534 e. The third-order valence-corrected chi connectivity index (χ3v) is 3.60. The third-order valence-electron chi connectivity index (χ3n) is 3.60. The van der Waals surface area contributed by atoms with Crippen molar-refractivity contribution in [2.45, 2.75) is 38.8 Å². The van der Waals surface area contributed by atoms with Crippen molar-refractivity contribution in [3.05, 3.63) is 18.5 Å². The van der Waals surface area contributed by atoms with E-state index in [1.165, 1.54) is 38.9 Å². The smallest absolute Gasteiger partial charge is 0.0534 e. The average Bonchev–Trinajstić information content (AvgIpc) is 2.75. The summed E-state index contributed by atoms with van der Waals surface area (Å²) in [5.41, 5.74) is 0. The normalized spacial score (nSPS) is 22.5. The number of hydrogen-bond donors (Lipinski definition) is 1. The molecule has 0 amide bonds. The van der Waals surface area contributed by atoms with Gasteiger partial charge in [0.15, 0.2) is 0 Å². The van der Waals surface area contributed by atoms with Crippen molar-refractivity contribution in [3.63, 3.8) is 0 Å². The van der Waals surface area contributed by atoms with Gasteiger partial charge in [-0.25, -0.2) is 0 Å². The summed E-state index contributed by atoms with van der Waals surface area (Å²) in [7, 11) is 0. The van der Waals surface area contributed by atoms with E-state index in [1.54, 1.807) is 0 Å². The number of nitrogens with zero attached hydrogens (tertiary/aromatic N) is 3. The Kier molecular flexibility index (Phi) is 5.01. The van der Waals surface area contributed by atoms with Crippen molar-refractivity contribution >= 4 is 0 Å². The number of aromatic nitrogens is 2. The van der Waals surface area contributed by atoms with Crippen LogP contribution in [0.3, 0.4) is 0 Å². The summed E-state index contributed by atoms with van der Waals surface area (Å²) >= 11 is 0. The van der Waals surface area contributed by atoms with Gasteiger partial charge in [0, 0.05) is 25.0 Å². The molecular formula is C13H24N4. The minimum atomic E-state index is 0.696. The summed E-state index contributed by atoms with van der Waals surface area (Å²) in [4.78, 5) is 2.55. The molecule has 0 radical (unpaired) electrons. The van der Waals surface area contributed by atoms with E-state index in [0.29, 0.717) is 6.04 Å². The Bertz CT molecular complexity index is 296. The van der Waals surface area contributed by atoms with Gasteiger partial charge in [-0.15, -0.1) is 0 Å². The molecule has 2 rings (SSSR count). The topological polar surface area (TPSA) is 33.1 Å². The van der Waals surface area contributed by atoms with Crippen molar-refractivity contribution in [2.24, 2.45) is 0 Å². The van der Waals surface area contributed by atoms with Crippen LogP contribution in [-0.2, 0) is 6.54 Å². The van der Waals surface area contributed by atoms with Gasteiger partial charge in [0.05, 0.1) is 6.54 Å². The molecule has 1 aliphatic rings. The van der Waals surface area contributed by atoms with Crippen molar-refractivity contribution in [2.75, 3.05) is 26.2 Å². The number of likely N-dealkylation sites (tertiary alicyclic amines) is 1. The molecular weight excluding hydrogens is 212 g/mol. The van der Waals surface area contributed by atoms with E-state index in [0.717, 1.165) is 13.1 Å². The minimum Gasteiger partial charge on any atom is -0.312 e. The van der Waals surface area contributed by atoms with Crippen LogP contribution in [0.5, 0.6) is 0 Å². The average molecular weight is 236 g/mol. The second kappa shape index (κ2) is 6.77. The summed E-state index contributed by atoms with van der Waals surface area (Å²) in [6.07, 6.45) is 7.79. The van der Waals surface area contributed by atoms with E-state index in [4.69, 9.17) is 0 Å². The Morgan fingerprint density at radius 1 is 1.35 bits per heavy atom. The van der Waals surface area contributed by atoms with Gasteiger partial charge in [-0.05, 0) is 45.0 Å². The molecule has 1 unspecified atom stereocenters. The lowest BCUT2D eigenvalue weighted by Crippen LogP contribution is -2.33. The second-order valence-corrected chi connectivity index (χ2v) is 4.79. The predicted octanol–water partition coefficient (Wildman–Crippen LogP) is 1.35. The van der Waals surface area contributed by atoms with Gasteiger partial charge in [-0.3, -0.25) is 4.68 Å². The molecule has 4 heteroatoms. The molecule has 0 saturated carbocycles. The molecule has 0 aromatic carbocycles. The quantitative estimate of drug-likeness (QED) is 0.837. The molecule has 0 aliphatic carbocycles. The van der Waals surface area contributed by atoms with E-state index < -0.39 is 0 Å². The highest BCUT2D eigenvalue weighted by Gasteiger charge is 2.14. The fourth-order valence-corrected chi connectivity index (χ4v) is 2.49. The molecule has 1 fully saturated rings. The van der Waals surface area contributed by atoms with Gasteiger partial charge in [0.1, 0.15) is 0 Å². The molecule has 1 saturated heterocycles. The molecule has 1 aliphatic heterocycles. The Labute approximate surface area is 104 Å². The van der Waals surface area contributed by atoms with E-state index in [9.17, 15) is 0 Å². The van der Waals surface area contributed by atoms with Crippen LogP contribution in [0.1, 0.15) is 26.2 Å². The Balaban J connectivity index is 1.65. The molecule has 1 N–H and O–H groups in total. The number of hydrogen-bond acceptors (Lipinski definition) is 3. The van der Waals surface area contributed by atoms with Crippen molar-refractivity contribution in [3.8, 4) is 0 Å². The predicted molar refractivity (Wildman–Crippen MR) is 70.0 cm³/mol. The Hall–Kier alpha value is -0.870. The molecule has 2 heterocycles. The second-order valence-electron chi connectivity index (χ2n) is 4.79. The molecule has 0 bridgehead atoms.